The Kier molecular flexibility index (Phi) is 8.43. The van der Waals surface area contributed by atoms with Gasteiger partial charge >= 0.3 is 0 Å². The third-order valence-corrected chi connectivity index (χ3v) is 7.13. The standard InChI is InChI=1S/C29H34F2N8O/c1-38(12-9-32)10-2-3-23-5-6-24(17-34-23)35-28(40)27-25-14-21(4-7-26(25)36-37-27)22-13-20(15-33-16-22)18-39-11-8-29(30,31)19-39/h4-7,13-17H,2-3,8-12,18-19,32H2,1H3,(H,35,40)(H,36,37). The summed E-state index contributed by atoms with van der Waals surface area (Å²) in [6.07, 6.45) is 6.79. The Hall–Kier alpha value is -3.80. The second-order valence-electron chi connectivity index (χ2n) is 10.4. The quantitative estimate of drug-likeness (QED) is 0.260. The van der Waals surface area contributed by atoms with Crippen LogP contribution in [0.25, 0.3) is 22.0 Å². The van der Waals surface area contributed by atoms with Crippen molar-refractivity contribution in [3.8, 4) is 11.1 Å². The molecule has 0 radical (unpaired) electrons. The molecule has 1 aliphatic heterocycles. The molecule has 0 spiro atoms. The van der Waals surface area contributed by atoms with Crippen molar-refractivity contribution in [3.63, 3.8) is 0 Å². The summed E-state index contributed by atoms with van der Waals surface area (Å²) in [5.41, 5.74) is 10.7. The minimum atomic E-state index is -2.63. The van der Waals surface area contributed by atoms with Gasteiger partial charge in [0.1, 0.15) is 0 Å². The van der Waals surface area contributed by atoms with E-state index in [2.05, 4.69) is 37.4 Å². The molecule has 1 amide bonds. The van der Waals surface area contributed by atoms with E-state index in [1.54, 1.807) is 23.5 Å². The van der Waals surface area contributed by atoms with E-state index in [0.29, 0.717) is 30.7 Å². The zero-order valence-corrected chi connectivity index (χ0v) is 22.5. The SMILES string of the molecule is CN(CCN)CCCc1ccc(NC(=O)c2n[nH]c3ccc(-c4cncc(CN5CCC(F)(F)C5)c4)cc23)cn1. The fourth-order valence-corrected chi connectivity index (χ4v) is 5.00. The van der Waals surface area contributed by atoms with Gasteiger partial charge in [0.2, 0.25) is 0 Å². The van der Waals surface area contributed by atoms with Crippen molar-refractivity contribution in [2.75, 3.05) is 45.1 Å². The predicted octanol–water partition coefficient (Wildman–Crippen LogP) is 3.94. The molecule has 1 fully saturated rings. The molecule has 4 heterocycles. The summed E-state index contributed by atoms with van der Waals surface area (Å²) >= 11 is 0. The summed E-state index contributed by atoms with van der Waals surface area (Å²) < 4.78 is 27.2. The highest BCUT2D eigenvalue weighted by Crippen LogP contribution is 2.29. The lowest BCUT2D eigenvalue weighted by atomic mass is 10.0. The molecular weight excluding hydrogens is 514 g/mol. The van der Waals surface area contributed by atoms with Crippen molar-refractivity contribution in [1.29, 1.82) is 0 Å². The smallest absolute Gasteiger partial charge is 0.276 e. The van der Waals surface area contributed by atoms with Crippen LogP contribution in [0.3, 0.4) is 0 Å². The van der Waals surface area contributed by atoms with E-state index in [4.69, 9.17) is 5.73 Å². The number of H-pyrrole nitrogens is 1. The Morgan fingerprint density at radius 2 is 2.02 bits per heavy atom. The summed E-state index contributed by atoms with van der Waals surface area (Å²) in [5.74, 6) is -2.98. The molecule has 5 rings (SSSR count). The van der Waals surface area contributed by atoms with Gasteiger partial charge in [-0.05, 0) is 67.9 Å². The van der Waals surface area contributed by atoms with Crippen LogP contribution in [0, 0.1) is 0 Å². The topological polar surface area (TPSA) is 116 Å². The van der Waals surface area contributed by atoms with Gasteiger partial charge in [0.05, 0.1) is 23.9 Å². The number of halogens is 2. The number of carbonyl (C=O) groups excluding carboxylic acids is 1. The molecule has 1 aromatic carbocycles. The van der Waals surface area contributed by atoms with Gasteiger partial charge in [0.25, 0.3) is 11.8 Å². The number of pyridine rings is 2. The Bertz CT molecular complexity index is 1460. The van der Waals surface area contributed by atoms with Gasteiger partial charge in [-0.3, -0.25) is 24.8 Å². The van der Waals surface area contributed by atoms with Gasteiger partial charge in [-0.15, -0.1) is 0 Å². The lowest BCUT2D eigenvalue weighted by Crippen LogP contribution is -2.26. The number of carbonyl (C=O) groups is 1. The Balaban J connectivity index is 1.25. The molecular formula is C29H34F2N8O. The molecule has 0 bridgehead atoms. The number of likely N-dealkylation sites (N-methyl/N-ethyl adjacent to an activating group) is 1. The number of nitrogens with two attached hydrogens (primary N) is 1. The lowest BCUT2D eigenvalue weighted by molar-refractivity contribution is 0.0115. The van der Waals surface area contributed by atoms with Crippen LogP contribution in [-0.2, 0) is 13.0 Å². The van der Waals surface area contributed by atoms with Crippen LogP contribution >= 0.6 is 0 Å². The molecule has 4 N–H and O–H groups in total. The van der Waals surface area contributed by atoms with E-state index in [-0.39, 0.29) is 24.6 Å². The Morgan fingerprint density at radius 3 is 2.77 bits per heavy atom. The van der Waals surface area contributed by atoms with Gasteiger partial charge in [0.15, 0.2) is 5.69 Å². The van der Waals surface area contributed by atoms with E-state index in [1.165, 1.54) is 0 Å². The molecule has 3 aromatic heterocycles. The molecule has 0 aliphatic carbocycles. The number of alkyl halides is 2. The van der Waals surface area contributed by atoms with Gasteiger partial charge < -0.3 is 16.0 Å². The number of benzene rings is 1. The number of nitrogens with zero attached hydrogens (tertiary/aromatic N) is 5. The number of rotatable bonds is 11. The van der Waals surface area contributed by atoms with Gasteiger partial charge in [-0.25, -0.2) is 8.78 Å². The summed E-state index contributed by atoms with van der Waals surface area (Å²) in [5, 5.41) is 10.7. The number of fused-ring (bicyclic) bond motifs is 1. The van der Waals surface area contributed by atoms with Crippen molar-refractivity contribution in [2.24, 2.45) is 5.73 Å². The first-order valence-electron chi connectivity index (χ1n) is 13.5. The van der Waals surface area contributed by atoms with Gasteiger partial charge in [-0.1, -0.05) is 6.07 Å². The fraction of sp³-hybridized carbons (Fsp3) is 0.379. The number of anilines is 1. The molecule has 210 valence electrons. The van der Waals surface area contributed by atoms with Crippen molar-refractivity contribution >= 4 is 22.5 Å². The number of aromatic amines is 1. The molecule has 4 aromatic rings. The number of aromatic nitrogens is 4. The van der Waals surface area contributed by atoms with Crippen LogP contribution < -0.4 is 11.1 Å². The highest BCUT2D eigenvalue weighted by atomic mass is 19.3. The van der Waals surface area contributed by atoms with Gasteiger partial charge in [0, 0.05) is 61.6 Å². The van der Waals surface area contributed by atoms with Crippen molar-refractivity contribution in [3.05, 3.63) is 71.9 Å². The second-order valence-corrected chi connectivity index (χ2v) is 10.4. The zero-order chi connectivity index (χ0) is 28.1. The van der Waals surface area contributed by atoms with E-state index in [9.17, 15) is 13.6 Å². The van der Waals surface area contributed by atoms with E-state index in [1.807, 2.05) is 36.4 Å². The average Bonchev–Trinajstić information content (AvgIpc) is 3.52. The third kappa shape index (κ3) is 6.85. The molecule has 1 aliphatic rings. The maximum Gasteiger partial charge on any atom is 0.276 e. The largest absolute Gasteiger partial charge is 0.329 e. The highest BCUT2D eigenvalue weighted by molar-refractivity contribution is 6.11. The fourth-order valence-electron chi connectivity index (χ4n) is 5.00. The predicted molar refractivity (Wildman–Crippen MR) is 151 cm³/mol. The number of amides is 1. The first-order valence-corrected chi connectivity index (χ1v) is 13.5. The number of nitrogens with one attached hydrogen (secondary N) is 2. The maximum absolute atomic E-state index is 13.6. The van der Waals surface area contributed by atoms with Crippen LogP contribution in [0.2, 0.25) is 0 Å². The van der Waals surface area contributed by atoms with Crippen LogP contribution in [-0.4, -0.2) is 81.6 Å². The summed E-state index contributed by atoms with van der Waals surface area (Å²) in [6, 6.07) is 11.4. The maximum atomic E-state index is 13.6. The van der Waals surface area contributed by atoms with Crippen molar-refractivity contribution in [2.45, 2.75) is 31.7 Å². The molecule has 1 saturated heterocycles. The van der Waals surface area contributed by atoms with Crippen LogP contribution in [0.5, 0.6) is 0 Å². The summed E-state index contributed by atoms with van der Waals surface area (Å²) in [6.45, 7) is 3.00. The Labute approximate surface area is 231 Å². The van der Waals surface area contributed by atoms with Gasteiger partial charge in [-0.2, -0.15) is 5.10 Å². The first-order chi connectivity index (χ1) is 19.3. The molecule has 11 heteroatoms. The number of hydrogen-bond donors (Lipinski definition) is 3. The minimum Gasteiger partial charge on any atom is -0.329 e. The van der Waals surface area contributed by atoms with Crippen LogP contribution in [0.15, 0.2) is 55.0 Å². The average molecular weight is 549 g/mol. The highest BCUT2D eigenvalue weighted by Gasteiger charge is 2.37. The first kappa shape index (κ1) is 27.8. The number of likely N-dealkylation sites (tertiary alicyclic amines) is 1. The molecule has 9 nitrogen and oxygen atoms in total. The monoisotopic (exact) mass is 548 g/mol. The summed E-state index contributed by atoms with van der Waals surface area (Å²) in [4.78, 5) is 25.9. The van der Waals surface area contributed by atoms with E-state index >= 15 is 0 Å². The van der Waals surface area contributed by atoms with Crippen molar-refractivity contribution < 1.29 is 13.6 Å². The molecule has 0 saturated carbocycles. The van der Waals surface area contributed by atoms with E-state index in [0.717, 1.165) is 53.8 Å². The van der Waals surface area contributed by atoms with E-state index < -0.39 is 5.92 Å². The normalized spacial score (nSPS) is 15.2. The summed E-state index contributed by atoms with van der Waals surface area (Å²) in [7, 11) is 2.05. The zero-order valence-electron chi connectivity index (χ0n) is 22.5. The second kappa shape index (κ2) is 12.2. The van der Waals surface area contributed by atoms with Crippen LogP contribution in [0.1, 0.15) is 34.6 Å². The minimum absolute atomic E-state index is 0.115. The lowest BCUT2D eigenvalue weighted by Gasteiger charge is -2.15. The molecule has 0 unspecified atom stereocenters. The Morgan fingerprint density at radius 1 is 1.15 bits per heavy atom. The molecule has 40 heavy (non-hydrogen) atoms. The molecule has 0 atom stereocenters. The number of hydrogen-bond acceptors (Lipinski definition) is 7. The third-order valence-electron chi connectivity index (χ3n) is 7.13. The van der Waals surface area contributed by atoms with Crippen LogP contribution in [0.4, 0.5) is 14.5 Å². The van der Waals surface area contributed by atoms with Crippen molar-refractivity contribution in [1.82, 2.24) is 30.0 Å². The number of aryl methyl sites for hydroxylation is 1.